The van der Waals surface area contributed by atoms with Gasteiger partial charge in [0.15, 0.2) is 16.0 Å². The number of aromatic nitrogens is 5. The Morgan fingerprint density at radius 1 is 1.13 bits per heavy atom. The lowest BCUT2D eigenvalue weighted by Crippen LogP contribution is -2.37. The average Bonchev–Trinajstić information content (AvgIpc) is 3.32. The fourth-order valence-corrected chi connectivity index (χ4v) is 4.30. The molecule has 0 aliphatic rings. The molecule has 0 bridgehead atoms. The number of imidazole rings is 1. The van der Waals surface area contributed by atoms with Gasteiger partial charge in [-0.05, 0) is 12.1 Å². The Hall–Kier alpha value is -3.80. The normalized spacial score (nSPS) is 12.0. The van der Waals surface area contributed by atoms with Crippen LogP contribution < -0.4 is 16.1 Å². The van der Waals surface area contributed by atoms with Crippen LogP contribution in [0.4, 0.5) is 0 Å². The minimum absolute atomic E-state index is 0.0940. The van der Waals surface area contributed by atoms with E-state index >= 15 is 0 Å². The van der Waals surface area contributed by atoms with Crippen molar-refractivity contribution >= 4 is 44.6 Å². The zero-order valence-electron chi connectivity index (χ0n) is 16.9. The highest BCUT2D eigenvalue weighted by Crippen LogP contribution is 2.16. The van der Waals surface area contributed by atoms with Crippen LogP contribution in [0.25, 0.3) is 21.4 Å². The summed E-state index contributed by atoms with van der Waals surface area (Å²) in [5, 5.41) is 0. The molecule has 0 saturated heterocycles. The van der Waals surface area contributed by atoms with E-state index in [-0.39, 0.29) is 24.3 Å². The molecule has 0 unspecified atom stereocenters. The molecule has 3 aromatic heterocycles. The van der Waals surface area contributed by atoms with E-state index in [9.17, 15) is 19.2 Å². The van der Waals surface area contributed by atoms with E-state index in [4.69, 9.17) is 4.74 Å². The van der Waals surface area contributed by atoms with Crippen molar-refractivity contribution in [2.45, 2.75) is 13.1 Å². The monoisotopic (exact) mass is 442 g/mol. The Morgan fingerprint density at radius 3 is 2.61 bits per heavy atom. The molecule has 160 valence electrons. The lowest BCUT2D eigenvalue weighted by atomic mass is 10.3. The predicted octanol–water partition coefficient (Wildman–Crippen LogP) is -0.250. The summed E-state index contributed by atoms with van der Waals surface area (Å²) in [4.78, 5) is 57.8. The number of hydrogen-bond donors (Lipinski definition) is 0. The fraction of sp³-hybridized carbons (Fsp3) is 0.263. The molecule has 31 heavy (non-hydrogen) atoms. The molecule has 12 heteroatoms. The van der Waals surface area contributed by atoms with Gasteiger partial charge in [0.25, 0.3) is 11.5 Å². The Morgan fingerprint density at radius 2 is 1.87 bits per heavy atom. The first-order chi connectivity index (χ1) is 14.8. The third-order valence-electron chi connectivity index (χ3n) is 4.85. The highest BCUT2D eigenvalue weighted by molar-refractivity contribution is 7.16. The van der Waals surface area contributed by atoms with Gasteiger partial charge < -0.3 is 13.9 Å². The summed E-state index contributed by atoms with van der Waals surface area (Å²) in [6.07, 6.45) is 1.33. The summed E-state index contributed by atoms with van der Waals surface area (Å²) in [7, 11) is 4.15. The van der Waals surface area contributed by atoms with Crippen molar-refractivity contribution in [3.8, 4) is 0 Å². The first kappa shape index (κ1) is 20.5. The van der Waals surface area contributed by atoms with Crippen molar-refractivity contribution < 1.29 is 14.3 Å². The number of methoxy groups -OCH3 is 1. The number of rotatable bonds is 4. The molecule has 4 rings (SSSR count). The molecule has 1 amide bonds. The largest absolute Gasteiger partial charge is 0.468 e. The van der Waals surface area contributed by atoms with Crippen LogP contribution in [0, 0.1) is 0 Å². The number of amides is 1. The quantitative estimate of drug-likeness (QED) is 0.402. The maximum atomic E-state index is 12.7. The van der Waals surface area contributed by atoms with Crippen LogP contribution in [0.5, 0.6) is 0 Å². The molecular formula is C19H18N6O5S. The molecule has 0 radical (unpaired) electrons. The van der Waals surface area contributed by atoms with Crippen LogP contribution in [0.3, 0.4) is 0 Å². The molecule has 0 aliphatic carbocycles. The van der Waals surface area contributed by atoms with Crippen LogP contribution in [-0.4, -0.2) is 42.2 Å². The van der Waals surface area contributed by atoms with Crippen LogP contribution in [0.2, 0.25) is 0 Å². The van der Waals surface area contributed by atoms with E-state index < -0.39 is 23.1 Å². The topological polar surface area (TPSA) is 122 Å². The van der Waals surface area contributed by atoms with E-state index in [0.717, 1.165) is 14.8 Å². The second-order valence-corrected chi connectivity index (χ2v) is 7.78. The first-order valence-electron chi connectivity index (χ1n) is 9.15. The van der Waals surface area contributed by atoms with Gasteiger partial charge in [-0.2, -0.15) is 4.99 Å². The second-order valence-electron chi connectivity index (χ2n) is 6.77. The van der Waals surface area contributed by atoms with E-state index in [0.29, 0.717) is 4.80 Å². The molecule has 0 spiro atoms. The van der Waals surface area contributed by atoms with Crippen molar-refractivity contribution in [2.24, 2.45) is 19.1 Å². The number of carbonyl (C=O) groups is 2. The van der Waals surface area contributed by atoms with Crippen LogP contribution >= 0.6 is 11.3 Å². The number of carbonyl (C=O) groups excluding carboxylic acids is 2. The minimum Gasteiger partial charge on any atom is -0.468 e. The molecule has 1 aromatic carbocycles. The van der Waals surface area contributed by atoms with Crippen LogP contribution in [-0.2, 0) is 41.5 Å². The number of ether oxygens (including phenoxy) is 1. The SMILES string of the molecule is COC(=O)Cn1c(=NC(=O)Cn2cnc3c2c(=O)n(C)c(=O)n3C)sc2ccccc21. The summed E-state index contributed by atoms with van der Waals surface area (Å²) in [6.45, 7) is -0.348. The van der Waals surface area contributed by atoms with Gasteiger partial charge in [-0.25, -0.2) is 9.78 Å². The van der Waals surface area contributed by atoms with Crippen molar-refractivity contribution in [3.05, 3.63) is 56.2 Å². The molecule has 0 N–H and O–H groups in total. The number of hydrogen-bond acceptors (Lipinski definition) is 7. The minimum atomic E-state index is -0.550. The molecule has 11 nitrogen and oxygen atoms in total. The number of thiazole rings is 1. The summed E-state index contributed by atoms with van der Waals surface area (Å²) in [6, 6.07) is 7.37. The number of benzene rings is 1. The smallest absolute Gasteiger partial charge is 0.332 e. The van der Waals surface area contributed by atoms with Gasteiger partial charge in [0.2, 0.25) is 0 Å². The molecule has 0 aliphatic heterocycles. The summed E-state index contributed by atoms with van der Waals surface area (Å²) >= 11 is 1.26. The van der Waals surface area contributed by atoms with Gasteiger partial charge in [-0.15, -0.1) is 0 Å². The van der Waals surface area contributed by atoms with E-state index in [1.807, 2.05) is 24.3 Å². The van der Waals surface area contributed by atoms with Crippen LogP contribution in [0.1, 0.15) is 0 Å². The van der Waals surface area contributed by atoms with Crippen LogP contribution in [0.15, 0.2) is 45.2 Å². The molecular weight excluding hydrogens is 424 g/mol. The van der Waals surface area contributed by atoms with Gasteiger partial charge in [-0.1, -0.05) is 23.5 Å². The highest BCUT2D eigenvalue weighted by atomic mass is 32.1. The zero-order valence-corrected chi connectivity index (χ0v) is 17.8. The molecule has 0 saturated carbocycles. The Bertz CT molecular complexity index is 1530. The maximum Gasteiger partial charge on any atom is 0.332 e. The molecule has 0 atom stereocenters. The lowest BCUT2D eigenvalue weighted by Gasteiger charge is -2.05. The lowest BCUT2D eigenvalue weighted by molar-refractivity contribution is -0.141. The predicted molar refractivity (Wildman–Crippen MR) is 113 cm³/mol. The highest BCUT2D eigenvalue weighted by Gasteiger charge is 2.16. The van der Waals surface area contributed by atoms with Crippen molar-refractivity contribution in [3.63, 3.8) is 0 Å². The summed E-state index contributed by atoms with van der Waals surface area (Å²) in [5.74, 6) is -1.01. The van der Waals surface area contributed by atoms with Gasteiger partial charge >= 0.3 is 11.7 Å². The third-order valence-corrected chi connectivity index (χ3v) is 5.91. The average molecular weight is 442 g/mol. The van der Waals surface area contributed by atoms with Gasteiger partial charge in [-0.3, -0.25) is 23.5 Å². The van der Waals surface area contributed by atoms with Gasteiger partial charge in [0, 0.05) is 14.1 Å². The zero-order chi connectivity index (χ0) is 22.3. The number of esters is 1. The van der Waals surface area contributed by atoms with E-state index in [2.05, 4.69) is 9.98 Å². The number of fused-ring (bicyclic) bond motifs is 2. The number of nitrogens with zero attached hydrogens (tertiary/aromatic N) is 6. The maximum absolute atomic E-state index is 12.7. The molecule has 4 aromatic rings. The Kier molecular flexibility index (Phi) is 5.15. The van der Waals surface area contributed by atoms with Gasteiger partial charge in [0.05, 0.1) is 23.7 Å². The number of aryl methyl sites for hydroxylation is 1. The molecule has 3 heterocycles. The molecule has 0 fully saturated rings. The number of para-hydroxylation sites is 1. The van der Waals surface area contributed by atoms with E-state index in [1.165, 1.54) is 48.0 Å². The fourth-order valence-electron chi connectivity index (χ4n) is 3.26. The third kappa shape index (κ3) is 3.50. The standard InChI is InChI=1S/C19H18N6O5S/c1-22-16-15(17(28)23(2)19(22)29)24(10-20-16)8-13(26)21-18-25(9-14(27)30-3)11-6-4-5-7-12(11)31-18/h4-7,10H,8-9H2,1-3H3. The van der Waals surface area contributed by atoms with Gasteiger partial charge in [0.1, 0.15) is 13.1 Å². The Balaban J connectivity index is 1.78. The first-order valence-corrected chi connectivity index (χ1v) is 9.97. The van der Waals surface area contributed by atoms with Crippen molar-refractivity contribution in [1.82, 2.24) is 23.3 Å². The Labute approximate surface area is 178 Å². The summed E-state index contributed by atoms with van der Waals surface area (Å²) < 4.78 is 10.8. The summed E-state index contributed by atoms with van der Waals surface area (Å²) in [5.41, 5.74) is 0.00996. The van der Waals surface area contributed by atoms with E-state index in [1.54, 1.807) is 4.57 Å². The van der Waals surface area contributed by atoms with Crippen molar-refractivity contribution in [2.75, 3.05) is 7.11 Å². The van der Waals surface area contributed by atoms with Crippen molar-refractivity contribution in [1.29, 1.82) is 0 Å². The second kappa shape index (κ2) is 7.80.